The first-order valence-electron chi connectivity index (χ1n) is 28.6. The molecule has 11 heteroatoms. The molecule has 0 spiro atoms. The second kappa shape index (κ2) is 47.5. The molecule has 0 aromatic carbocycles. The SMILES string of the molecule is CCCCCCCCCCCCCC/C=C/C(O)C(COC1OC(CO)C(O)C(O)C1O)NC(=O)CCCCCCCCC/C=C\CCCCCCOC(=O)CCCCCCCCCCCCC. The number of esters is 1. The molecule has 400 valence electrons. The van der Waals surface area contributed by atoms with E-state index in [0.717, 1.165) is 83.5 Å². The first kappa shape index (κ1) is 64.2. The molecule has 7 atom stereocenters. The highest BCUT2D eigenvalue weighted by Gasteiger charge is 2.44. The van der Waals surface area contributed by atoms with Gasteiger partial charge in [-0.1, -0.05) is 218 Å². The van der Waals surface area contributed by atoms with E-state index in [9.17, 15) is 35.1 Å². The number of hydrogen-bond donors (Lipinski definition) is 6. The Morgan fingerprint density at radius 3 is 1.41 bits per heavy atom. The minimum absolute atomic E-state index is 0.0295. The number of amides is 1. The summed E-state index contributed by atoms with van der Waals surface area (Å²) in [5.41, 5.74) is 0. The van der Waals surface area contributed by atoms with E-state index in [1.54, 1.807) is 6.08 Å². The number of hydrogen-bond acceptors (Lipinski definition) is 10. The lowest BCUT2D eigenvalue weighted by atomic mass is 9.99. The molecule has 0 aliphatic carbocycles. The van der Waals surface area contributed by atoms with Gasteiger partial charge in [0.15, 0.2) is 6.29 Å². The molecular formula is C57H107NO10. The Morgan fingerprint density at radius 1 is 0.529 bits per heavy atom. The number of nitrogens with one attached hydrogen (secondary N) is 1. The Morgan fingerprint density at radius 2 is 0.941 bits per heavy atom. The van der Waals surface area contributed by atoms with Gasteiger partial charge in [0.05, 0.1) is 32.0 Å². The van der Waals surface area contributed by atoms with E-state index in [-0.39, 0.29) is 18.5 Å². The van der Waals surface area contributed by atoms with E-state index in [1.165, 1.54) is 154 Å². The average Bonchev–Trinajstić information content (AvgIpc) is 3.33. The second-order valence-electron chi connectivity index (χ2n) is 20.0. The van der Waals surface area contributed by atoms with Crippen LogP contribution < -0.4 is 5.32 Å². The van der Waals surface area contributed by atoms with Gasteiger partial charge in [0.1, 0.15) is 24.4 Å². The van der Waals surface area contributed by atoms with Crippen molar-refractivity contribution in [1.29, 1.82) is 0 Å². The summed E-state index contributed by atoms with van der Waals surface area (Å²) in [6.45, 7) is 4.30. The standard InChI is InChI=1S/C57H107NO10/c1-3-5-7-9-11-13-15-16-20-24-27-31-35-39-43-50(60)49(48-67-57-56(65)55(64)54(63)51(47-59)68-57)58-52(61)44-40-36-32-28-25-21-18-17-19-22-26-30-34-38-42-46-66-53(62)45-41-37-33-29-23-14-12-10-8-6-4-2/h19,22,39,43,49-51,54-57,59-60,63-65H,3-18,20-21,23-38,40-42,44-48H2,1-2H3,(H,58,61)/b22-19-,43-39+. The van der Waals surface area contributed by atoms with Crippen LogP contribution in [0.25, 0.3) is 0 Å². The Kier molecular flexibility index (Phi) is 44.8. The van der Waals surface area contributed by atoms with Crippen LogP contribution in [0.3, 0.4) is 0 Å². The topological polar surface area (TPSA) is 175 Å². The minimum atomic E-state index is -1.58. The fourth-order valence-electron chi connectivity index (χ4n) is 8.96. The van der Waals surface area contributed by atoms with Crippen molar-refractivity contribution in [2.24, 2.45) is 0 Å². The number of rotatable bonds is 49. The molecule has 0 bridgehead atoms. The van der Waals surface area contributed by atoms with Crippen molar-refractivity contribution in [2.75, 3.05) is 19.8 Å². The van der Waals surface area contributed by atoms with Crippen LogP contribution in [0.2, 0.25) is 0 Å². The molecule has 7 unspecified atom stereocenters. The first-order chi connectivity index (χ1) is 33.2. The molecule has 11 nitrogen and oxygen atoms in total. The molecule has 1 aliphatic heterocycles. The summed E-state index contributed by atoms with van der Waals surface area (Å²) in [5, 5.41) is 54.4. The van der Waals surface area contributed by atoms with Crippen molar-refractivity contribution in [1.82, 2.24) is 5.32 Å². The third kappa shape index (κ3) is 37.0. The number of carbonyl (C=O) groups excluding carboxylic acids is 2. The van der Waals surface area contributed by atoms with Crippen molar-refractivity contribution in [3.05, 3.63) is 24.3 Å². The molecule has 0 radical (unpaired) electrons. The van der Waals surface area contributed by atoms with Gasteiger partial charge in [-0.2, -0.15) is 0 Å². The normalized spacial score (nSPS) is 19.5. The number of aliphatic hydroxyl groups is 5. The summed E-state index contributed by atoms with van der Waals surface area (Å²) in [4.78, 5) is 25.0. The molecule has 1 amide bonds. The predicted molar refractivity (Wildman–Crippen MR) is 278 cm³/mol. The molecule has 1 aliphatic rings. The number of ether oxygens (including phenoxy) is 3. The summed E-state index contributed by atoms with van der Waals surface area (Å²) in [7, 11) is 0. The molecule has 1 rings (SSSR count). The van der Waals surface area contributed by atoms with Crippen LogP contribution in [0.5, 0.6) is 0 Å². The van der Waals surface area contributed by atoms with Crippen LogP contribution in [-0.4, -0.2) is 100 Å². The van der Waals surface area contributed by atoms with Crippen LogP contribution in [0.4, 0.5) is 0 Å². The van der Waals surface area contributed by atoms with Gasteiger partial charge in [0.2, 0.25) is 5.91 Å². The van der Waals surface area contributed by atoms with E-state index in [1.807, 2.05) is 6.08 Å². The molecule has 0 saturated carbocycles. The lowest BCUT2D eigenvalue weighted by Crippen LogP contribution is -2.60. The Bertz CT molecular complexity index is 1180. The zero-order valence-corrected chi connectivity index (χ0v) is 43.8. The zero-order valence-electron chi connectivity index (χ0n) is 43.8. The van der Waals surface area contributed by atoms with Crippen LogP contribution in [0.15, 0.2) is 24.3 Å². The summed E-state index contributed by atoms with van der Waals surface area (Å²) >= 11 is 0. The maximum absolute atomic E-state index is 13.0. The molecule has 0 aromatic rings. The first-order valence-corrected chi connectivity index (χ1v) is 28.6. The lowest BCUT2D eigenvalue weighted by Gasteiger charge is -2.40. The molecule has 1 fully saturated rings. The van der Waals surface area contributed by atoms with Gasteiger partial charge < -0.3 is 45.1 Å². The summed E-state index contributed by atoms with van der Waals surface area (Å²) in [6.07, 6.45) is 45.3. The van der Waals surface area contributed by atoms with Gasteiger partial charge in [0.25, 0.3) is 0 Å². The van der Waals surface area contributed by atoms with Crippen LogP contribution >= 0.6 is 0 Å². The number of aliphatic hydroxyl groups excluding tert-OH is 5. The second-order valence-corrected chi connectivity index (χ2v) is 20.0. The van der Waals surface area contributed by atoms with Crippen molar-refractivity contribution in [3.63, 3.8) is 0 Å². The third-order valence-electron chi connectivity index (χ3n) is 13.6. The largest absolute Gasteiger partial charge is 0.466 e. The number of carbonyl (C=O) groups is 2. The maximum atomic E-state index is 13.0. The van der Waals surface area contributed by atoms with Crippen LogP contribution in [0.1, 0.15) is 264 Å². The van der Waals surface area contributed by atoms with Gasteiger partial charge in [-0.25, -0.2) is 0 Å². The molecule has 1 heterocycles. The number of allylic oxidation sites excluding steroid dienone is 3. The monoisotopic (exact) mass is 966 g/mol. The highest BCUT2D eigenvalue weighted by molar-refractivity contribution is 5.76. The quantitative estimate of drug-likeness (QED) is 0.0196. The van der Waals surface area contributed by atoms with Gasteiger partial charge >= 0.3 is 5.97 Å². The number of unbranched alkanes of at least 4 members (excludes halogenated alkanes) is 33. The Labute approximate surface area is 416 Å². The fraction of sp³-hybridized carbons (Fsp3) is 0.895. The highest BCUT2D eigenvalue weighted by Crippen LogP contribution is 2.23. The van der Waals surface area contributed by atoms with E-state index < -0.39 is 49.5 Å². The summed E-state index contributed by atoms with van der Waals surface area (Å²) in [5.74, 6) is -0.226. The molecule has 68 heavy (non-hydrogen) atoms. The van der Waals surface area contributed by atoms with Crippen LogP contribution in [-0.2, 0) is 23.8 Å². The van der Waals surface area contributed by atoms with Crippen molar-refractivity contribution in [3.8, 4) is 0 Å². The average molecular weight is 966 g/mol. The van der Waals surface area contributed by atoms with Gasteiger partial charge in [0, 0.05) is 12.8 Å². The highest BCUT2D eigenvalue weighted by atomic mass is 16.7. The van der Waals surface area contributed by atoms with Crippen molar-refractivity contribution >= 4 is 11.9 Å². The van der Waals surface area contributed by atoms with Gasteiger partial charge in [-0.15, -0.1) is 0 Å². The zero-order chi connectivity index (χ0) is 49.6. The van der Waals surface area contributed by atoms with Crippen LogP contribution in [0, 0.1) is 0 Å². The van der Waals surface area contributed by atoms with Gasteiger partial charge in [-0.3, -0.25) is 9.59 Å². The molecule has 1 saturated heterocycles. The molecular weight excluding hydrogens is 859 g/mol. The van der Waals surface area contributed by atoms with E-state index in [0.29, 0.717) is 19.4 Å². The molecule has 0 aromatic heterocycles. The van der Waals surface area contributed by atoms with Crippen molar-refractivity contribution < 1.29 is 49.3 Å². The minimum Gasteiger partial charge on any atom is -0.466 e. The fourth-order valence-corrected chi connectivity index (χ4v) is 8.96. The Hall–Kier alpha value is -1.86. The van der Waals surface area contributed by atoms with Crippen molar-refractivity contribution in [2.45, 2.75) is 307 Å². The summed E-state index contributed by atoms with van der Waals surface area (Å²) < 4.78 is 16.7. The Balaban J connectivity index is 2.17. The van der Waals surface area contributed by atoms with E-state index in [4.69, 9.17) is 14.2 Å². The lowest BCUT2D eigenvalue weighted by molar-refractivity contribution is -0.302. The van der Waals surface area contributed by atoms with E-state index >= 15 is 0 Å². The smallest absolute Gasteiger partial charge is 0.305 e. The maximum Gasteiger partial charge on any atom is 0.305 e. The summed E-state index contributed by atoms with van der Waals surface area (Å²) in [6, 6.07) is -0.821. The molecule has 6 N–H and O–H groups in total. The third-order valence-corrected chi connectivity index (χ3v) is 13.6. The van der Waals surface area contributed by atoms with Gasteiger partial charge in [-0.05, 0) is 57.8 Å². The van der Waals surface area contributed by atoms with E-state index in [2.05, 4.69) is 31.3 Å². The predicted octanol–water partition coefficient (Wildman–Crippen LogP) is 12.6.